The van der Waals surface area contributed by atoms with E-state index < -0.39 is 5.97 Å². The fourth-order valence-electron chi connectivity index (χ4n) is 3.66. The Balaban J connectivity index is 1.92. The lowest BCUT2D eigenvalue weighted by molar-refractivity contribution is 0.0697. The number of carbonyl (C=O) groups is 1. The van der Waals surface area contributed by atoms with Crippen LogP contribution in [0.1, 0.15) is 50.5 Å². The second-order valence-electron chi connectivity index (χ2n) is 7.83. The molecule has 0 saturated heterocycles. The van der Waals surface area contributed by atoms with Crippen LogP contribution in [0.5, 0.6) is 0 Å². The van der Waals surface area contributed by atoms with Gasteiger partial charge in [-0.3, -0.25) is 0 Å². The van der Waals surface area contributed by atoms with E-state index in [-0.39, 0.29) is 11.3 Å². The molecule has 26 heavy (non-hydrogen) atoms. The largest absolute Gasteiger partial charge is 0.478 e. The van der Waals surface area contributed by atoms with Gasteiger partial charge < -0.3 is 5.11 Å². The molecule has 1 atom stereocenters. The van der Waals surface area contributed by atoms with Crippen molar-refractivity contribution in [1.82, 2.24) is 0 Å². The van der Waals surface area contributed by atoms with Gasteiger partial charge in [0.15, 0.2) is 0 Å². The van der Waals surface area contributed by atoms with Crippen molar-refractivity contribution in [2.45, 2.75) is 34.6 Å². The van der Waals surface area contributed by atoms with E-state index in [1.807, 2.05) is 12.1 Å². The Kier molecular flexibility index (Phi) is 4.62. The Morgan fingerprint density at radius 2 is 1.81 bits per heavy atom. The topological polar surface area (TPSA) is 37.3 Å². The summed E-state index contributed by atoms with van der Waals surface area (Å²) in [4.78, 5) is 11.0. The van der Waals surface area contributed by atoms with Crippen molar-refractivity contribution in [3.63, 3.8) is 0 Å². The third-order valence-corrected chi connectivity index (χ3v) is 5.70. The predicted octanol–water partition coefficient (Wildman–Crippen LogP) is 6.20. The molecule has 1 N–H and O–H groups in total. The monoisotopic (exact) mass is 346 g/mol. The van der Waals surface area contributed by atoms with Crippen LogP contribution < -0.4 is 0 Å². The number of allylic oxidation sites excluding steroid dienone is 9. The summed E-state index contributed by atoms with van der Waals surface area (Å²) in [6.45, 7) is 11.1. The van der Waals surface area contributed by atoms with Gasteiger partial charge in [0.1, 0.15) is 0 Å². The van der Waals surface area contributed by atoms with E-state index in [0.717, 1.165) is 5.56 Å². The summed E-state index contributed by atoms with van der Waals surface area (Å²) >= 11 is 0. The molecule has 2 nitrogen and oxygen atoms in total. The molecular weight excluding hydrogens is 320 g/mol. The van der Waals surface area contributed by atoms with Gasteiger partial charge in [-0.2, -0.15) is 0 Å². The number of rotatable bonds is 3. The van der Waals surface area contributed by atoms with Gasteiger partial charge in [0, 0.05) is 11.3 Å². The normalized spacial score (nSPS) is 21.9. The quantitative estimate of drug-likeness (QED) is 0.707. The van der Waals surface area contributed by atoms with Crippen molar-refractivity contribution in [3.8, 4) is 0 Å². The van der Waals surface area contributed by atoms with Gasteiger partial charge in [-0.1, -0.05) is 67.5 Å². The molecule has 2 aliphatic rings. The predicted molar refractivity (Wildman–Crippen MR) is 108 cm³/mol. The van der Waals surface area contributed by atoms with Gasteiger partial charge in [0.25, 0.3) is 0 Å². The Bertz CT molecular complexity index is 900. The second kappa shape index (κ2) is 6.60. The molecule has 1 aromatic rings. The molecule has 2 heteroatoms. The molecule has 0 aliphatic heterocycles. The summed E-state index contributed by atoms with van der Waals surface area (Å²) in [5, 5.41) is 9.02. The van der Waals surface area contributed by atoms with Gasteiger partial charge in [0.05, 0.1) is 5.56 Å². The summed E-state index contributed by atoms with van der Waals surface area (Å²) < 4.78 is 0. The standard InChI is InChI=1S/C24H26O2/c1-15(13-18-6-8-19(9-7-18)23(25)26)20-10-11-21-16(2)12-17(3)24(4,5)22(21)14-20/h6-14,20H,1-5H3,(H,25,26)/b15-13+. The average molecular weight is 346 g/mol. The molecule has 0 spiro atoms. The van der Waals surface area contributed by atoms with E-state index in [1.165, 1.54) is 27.9 Å². The summed E-state index contributed by atoms with van der Waals surface area (Å²) in [6.07, 6.45) is 11.3. The van der Waals surface area contributed by atoms with Crippen LogP contribution >= 0.6 is 0 Å². The lowest BCUT2D eigenvalue weighted by Crippen LogP contribution is -2.24. The first kappa shape index (κ1) is 18.2. The van der Waals surface area contributed by atoms with Crippen LogP contribution in [0.25, 0.3) is 6.08 Å². The van der Waals surface area contributed by atoms with E-state index >= 15 is 0 Å². The molecule has 134 valence electrons. The van der Waals surface area contributed by atoms with Crippen molar-refractivity contribution < 1.29 is 9.90 Å². The molecule has 0 radical (unpaired) electrons. The second-order valence-corrected chi connectivity index (χ2v) is 7.83. The van der Waals surface area contributed by atoms with Gasteiger partial charge in [-0.05, 0) is 55.2 Å². The fraction of sp³-hybridized carbons (Fsp3) is 0.292. The fourth-order valence-corrected chi connectivity index (χ4v) is 3.66. The molecule has 0 aromatic heterocycles. The first-order valence-electron chi connectivity index (χ1n) is 9.02. The van der Waals surface area contributed by atoms with Crippen LogP contribution in [-0.4, -0.2) is 11.1 Å². The Hall–Kier alpha value is -2.61. The zero-order valence-electron chi connectivity index (χ0n) is 16.1. The molecule has 1 unspecified atom stereocenters. The van der Waals surface area contributed by atoms with Gasteiger partial charge in [-0.15, -0.1) is 0 Å². The molecule has 0 heterocycles. The van der Waals surface area contributed by atoms with Crippen LogP contribution in [0.2, 0.25) is 0 Å². The number of carboxylic acids is 1. The summed E-state index contributed by atoms with van der Waals surface area (Å²) in [6, 6.07) is 7.03. The maximum atomic E-state index is 11.0. The number of fused-ring (bicyclic) bond motifs is 1. The lowest BCUT2D eigenvalue weighted by Gasteiger charge is -2.37. The van der Waals surface area contributed by atoms with E-state index in [0.29, 0.717) is 5.56 Å². The van der Waals surface area contributed by atoms with Crippen molar-refractivity contribution in [3.05, 3.63) is 87.6 Å². The molecule has 2 aliphatic carbocycles. The van der Waals surface area contributed by atoms with Crippen molar-refractivity contribution in [2.24, 2.45) is 11.3 Å². The smallest absolute Gasteiger partial charge is 0.335 e. The van der Waals surface area contributed by atoms with Crippen LogP contribution in [0.15, 0.2) is 76.4 Å². The van der Waals surface area contributed by atoms with Crippen LogP contribution in [-0.2, 0) is 0 Å². The highest BCUT2D eigenvalue weighted by Crippen LogP contribution is 2.47. The molecule has 0 amide bonds. The number of hydrogen-bond acceptors (Lipinski definition) is 1. The summed E-state index contributed by atoms with van der Waals surface area (Å²) in [7, 11) is 0. The van der Waals surface area contributed by atoms with E-state index in [9.17, 15) is 4.79 Å². The van der Waals surface area contributed by atoms with Gasteiger partial charge in [0.2, 0.25) is 0 Å². The molecule has 1 aromatic carbocycles. The van der Waals surface area contributed by atoms with Crippen LogP contribution in [0.4, 0.5) is 0 Å². The van der Waals surface area contributed by atoms with Crippen LogP contribution in [0, 0.1) is 11.3 Å². The molecule has 0 saturated carbocycles. The minimum absolute atomic E-state index is 0.0429. The number of benzene rings is 1. The first-order chi connectivity index (χ1) is 12.2. The molecule has 0 fully saturated rings. The third kappa shape index (κ3) is 3.24. The Morgan fingerprint density at radius 1 is 1.15 bits per heavy atom. The number of hydrogen-bond donors (Lipinski definition) is 1. The van der Waals surface area contributed by atoms with E-state index in [1.54, 1.807) is 12.1 Å². The van der Waals surface area contributed by atoms with Crippen LogP contribution in [0.3, 0.4) is 0 Å². The average Bonchev–Trinajstić information content (AvgIpc) is 2.60. The first-order valence-corrected chi connectivity index (χ1v) is 9.02. The Labute approximate surface area is 155 Å². The van der Waals surface area contributed by atoms with Gasteiger partial charge in [-0.25, -0.2) is 4.79 Å². The van der Waals surface area contributed by atoms with Crippen molar-refractivity contribution >= 4 is 12.0 Å². The van der Waals surface area contributed by atoms with E-state index in [4.69, 9.17) is 5.11 Å². The zero-order chi connectivity index (χ0) is 19.1. The van der Waals surface area contributed by atoms with Crippen molar-refractivity contribution in [1.29, 1.82) is 0 Å². The molecular formula is C24H26O2. The highest BCUT2D eigenvalue weighted by atomic mass is 16.4. The maximum absolute atomic E-state index is 11.0. The van der Waals surface area contributed by atoms with Crippen molar-refractivity contribution in [2.75, 3.05) is 0 Å². The van der Waals surface area contributed by atoms with Gasteiger partial charge >= 0.3 is 5.97 Å². The number of carboxylic acid groups (broad SMARTS) is 1. The lowest BCUT2D eigenvalue weighted by atomic mass is 9.67. The highest BCUT2D eigenvalue weighted by molar-refractivity contribution is 5.87. The zero-order valence-corrected chi connectivity index (χ0v) is 16.1. The minimum Gasteiger partial charge on any atom is -0.478 e. The number of aromatic carboxylic acids is 1. The SMILES string of the molecule is CC1=CC(C)=C2C=CC(/C(C)=C/c3ccc(C(=O)O)cc3)C=C2C1(C)C. The highest BCUT2D eigenvalue weighted by Gasteiger charge is 2.33. The molecule has 3 rings (SSSR count). The maximum Gasteiger partial charge on any atom is 0.335 e. The third-order valence-electron chi connectivity index (χ3n) is 5.70. The van der Waals surface area contributed by atoms with E-state index in [2.05, 4.69) is 65.0 Å². The summed E-state index contributed by atoms with van der Waals surface area (Å²) in [5.41, 5.74) is 8.09. The minimum atomic E-state index is -0.894. The summed E-state index contributed by atoms with van der Waals surface area (Å²) in [5.74, 6) is -0.638. The Morgan fingerprint density at radius 3 is 2.42 bits per heavy atom. The molecule has 0 bridgehead atoms.